The van der Waals surface area contributed by atoms with Gasteiger partial charge in [-0.3, -0.25) is 4.90 Å². The molecule has 0 bridgehead atoms. The highest BCUT2D eigenvalue weighted by Crippen LogP contribution is 2.17. The lowest BCUT2D eigenvalue weighted by atomic mass is 10.3. The lowest BCUT2D eigenvalue weighted by Gasteiger charge is -2.20. The van der Waals surface area contributed by atoms with Crippen LogP contribution in [0.4, 0.5) is 8.78 Å². The zero-order chi connectivity index (χ0) is 13.4. The van der Waals surface area contributed by atoms with E-state index in [1.807, 2.05) is 24.3 Å². The Bertz CT molecular complexity index is 355. The summed E-state index contributed by atoms with van der Waals surface area (Å²) in [6, 6.07) is 7.40. The molecule has 0 amide bonds. The third kappa shape index (κ3) is 6.52. The van der Waals surface area contributed by atoms with Crippen LogP contribution in [-0.2, 0) is 0 Å². The van der Waals surface area contributed by atoms with E-state index in [2.05, 4.69) is 15.9 Å². The standard InChI is InChI=1S/C12H15BrClF2NO/c13-10-2-1-3-11(8-10)18-7-6-17(5-4-14)9-12(15)16/h1-3,8,12H,4-7,9H2. The molecule has 1 aromatic carbocycles. The van der Waals surface area contributed by atoms with E-state index in [-0.39, 0.29) is 6.54 Å². The van der Waals surface area contributed by atoms with Crippen LogP contribution in [0.2, 0.25) is 0 Å². The molecular weight excluding hydrogens is 327 g/mol. The van der Waals surface area contributed by atoms with Gasteiger partial charge in [-0.25, -0.2) is 8.78 Å². The Morgan fingerprint density at radius 2 is 2.11 bits per heavy atom. The maximum Gasteiger partial charge on any atom is 0.251 e. The summed E-state index contributed by atoms with van der Waals surface area (Å²) >= 11 is 8.90. The van der Waals surface area contributed by atoms with Crippen molar-refractivity contribution in [1.82, 2.24) is 4.90 Å². The Morgan fingerprint density at radius 1 is 1.33 bits per heavy atom. The van der Waals surface area contributed by atoms with Gasteiger partial charge in [-0.05, 0) is 18.2 Å². The van der Waals surface area contributed by atoms with Crippen LogP contribution >= 0.6 is 27.5 Å². The summed E-state index contributed by atoms with van der Waals surface area (Å²) in [5, 5.41) is 0. The molecule has 0 unspecified atom stereocenters. The van der Waals surface area contributed by atoms with E-state index < -0.39 is 6.43 Å². The Kier molecular flexibility index (Phi) is 7.54. The minimum absolute atomic E-state index is 0.269. The van der Waals surface area contributed by atoms with Gasteiger partial charge in [0, 0.05) is 23.4 Å². The molecule has 0 spiro atoms. The third-order valence-electron chi connectivity index (χ3n) is 2.27. The van der Waals surface area contributed by atoms with Crippen molar-refractivity contribution in [2.75, 3.05) is 32.1 Å². The average Bonchev–Trinajstić information content (AvgIpc) is 2.28. The van der Waals surface area contributed by atoms with Crippen molar-refractivity contribution in [3.63, 3.8) is 0 Å². The first-order chi connectivity index (χ1) is 8.61. The summed E-state index contributed by atoms with van der Waals surface area (Å²) < 4.78 is 31.0. The van der Waals surface area contributed by atoms with E-state index in [1.54, 1.807) is 4.90 Å². The maximum absolute atomic E-state index is 12.3. The first-order valence-corrected chi connectivity index (χ1v) is 6.89. The summed E-state index contributed by atoms with van der Waals surface area (Å²) in [7, 11) is 0. The van der Waals surface area contributed by atoms with Crippen LogP contribution in [-0.4, -0.2) is 43.4 Å². The molecule has 1 rings (SSSR count). The van der Waals surface area contributed by atoms with E-state index in [9.17, 15) is 8.78 Å². The lowest BCUT2D eigenvalue weighted by molar-refractivity contribution is 0.0837. The smallest absolute Gasteiger partial charge is 0.251 e. The molecule has 0 aromatic heterocycles. The van der Waals surface area contributed by atoms with E-state index >= 15 is 0 Å². The summed E-state index contributed by atoms with van der Waals surface area (Å²) in [5.74, 6) is 1.05. The van der Waals surface area contributed by atoms with Gasteiger partial charge < -0.3 is 4.74 Å². The molecule has 0 aliphatic heterocycles. The van der Waals surface area contributed by atoms with Gasteiger partial charge in [0.05, 0.1) is 6.54 Å². The van der Waals surface area contributed by atoms with Gasteiger partial charge in [-0.15, -0.1) is 11.6 Å². The summed E-state index contributed by atoms with van der Waals surface area (Å²) in [5.41, 5.74) is 0. The Morgan fingerprint density at radius 3 is 2.72 bits per heavy atom. The maximum atomic E-state index is 12.3. The molecule has 2 nitrogen and oxygen atoms in total. The Balaban J connectivity index is 2.33. The van der Waals surface area contributed by atoms with Gasteiger partial charge >= 0.3 is 0 Å². The highest BCUT2D eigenvalue weighted by Gasteiger charge is 2.11. The SMILES string of the molecule is FC(F)CN(CCCl)CCOc1cccc(Br)c1. The fourth-order valence-electron chi connectivity index (χ4n) is 1.46. The zero-order valence-electron chi connectivity index (χ0n) is 9.79. The fraction of sp³-hybridized carbons (Fsp3) is 0.500. The molecule has 102 valence electrons. The summed E-state index contributed by atoms with van der Waals surface area (Å²) in [6.07, 6.45) is -2.35. The van der Waals surface area contributed by atoms with E-state index in [0.717, 1.165) is 4.47 Å². The Hall–Kier alpha value is -0.390. The van der Waals surface area contributed by atoms with Crippen LogP contribution in [0.3, 0.4) is 0 Å². The first-order valence-electron chi connectivity index (χ1n) is 5.56. The minimum Gasteiger partial charge on any atom is -0.492 e. The van der Waals surface area contributed by atoms with Crippen molar-refractivity contribution in [3.05, 3.63) is 28.7 Å². The van der Waals surface area contributed by atoms with Gasteiger partial charge in [-0.1, -0.05) is 22.0 Å². The van der Waals surface area contributed by atoms with Crippen LogP contribution in [0.25, 0.3) is 0 Å². The van der Waals surface area contributed by atoms with Crippen molar-refractivity contribution >= 4 is 27.5 Å². The number of halogens is 4. The van der Waals surface area contributed by atoms with Crippen LogP contribution in [0, 0.1) is 0 Å². The molecule has 18 heavy (non-hydrogen) atoms. The quantitative estimate of drug-likeness (QED) is 0.669. The number of alkyl halides is 3. The average molecular weight is 343 g/mol. The molecule has 6 heteroatoms. The van der Waals surface area contributed by atoms with Crippen molar-refractivity contribution in [2.45, 2.75) is 6.43 Å². The third-order valence-corrected chi connectivity index (χ3v) is 2.93. The molecular formula is C12H15BrClF2NO. The molecule has 0 saturated heterocycles. The van der Waals surface area contributed by atoms with Crippen LogP contribution in [0.5, 0.6) is 5.75 Å². The molecule has 0 aliphatic rings. The molecule has 0 fully saturated rings. The second-order valence-electron chi connectivity index (χ2n) is 3.69. The van der Waals surface area contributed by atoms with Crippen molar-refractivity contribution in [2.24, 2.45) is 0 Å². The Labute approximate surface area is 119 Å². The van der Waals surface area contributed by atoms with Crippen molar-refractivity contribution < 1.29 is 13.5 Å². The molecule has 0 aliphatic carbocycles. The highest BCUT2D eigenvalue weighted by molar-refractivity contribution is 9.10. The number of rotatable bonds is 8. The normalized spacial score (nSPS) is 11.2. The zero-order valence-corrected chi connectivity index (χ0v) is 12.1. The van der Waals surface area contributed by atoms with Crippen LogP contribution in [0.15, 0.2) is 28.7 Å². The van der Waals surface area contributed by atoms with E-state index in [4.69, 9.17) is 16.3 Å². The van der Waals surface area contributed by atoms with Crippen LogP contribution < -0.4 is 4.74 Å². The number of hydrogen-bond acceptors (Lipinski definition) is 2. The minimum atomic E-state index is -2.35. The monoisotopic (exact) mass is 341 g/mol. The second-order valence-corrected chi connectivity index (χ2v) is 4.98. The molecule has 0 radical (unpaired) electrons. The molecule has 0 N–H and O–H groups in total. The number of benzene rings is 1. The van der Waals surface area contributed by atoms with Crippen molar-refractivity contribution in [3.8, 4) is 5.75 Å². The largest absolute Gasteiger partial charge is 0.492 e. The van der Waals surface area contributed by atoms with Gasteiger partial charge in [0.15, 0.2) is 0 Å². The second kappa shape index (κ2) is 8.67. The summed E-state index contributed by atoms with van der Waals surface area (Å²) in [6.45, 7) is 0.964. The topological polar surface area (TPSA) is 12.5 Å². The lowest BCUT2D eigenvalue weighted by Crippen LogP contribution is -2.34. The molecule has 0 saturated carbocycles. The van der Waals surface area contributed by atoms with E-state index in [1.165, 1.54) is 0 Å². The highest BCUT2D eigenvalue weighted by atomic mass is 79.9. The van der Waals surface area contributed by atoms with Gasteiger partial charge in [0.25, 0.3) is 6.43 Å². The van der Waals surface area contributed by atoms with Gasteiger partial charge in [0.1, 0.15) is 12.4 Å². The van der Waals surface area contributed by atoms with Crippen LogP contribution in [0.1, 0.15) is 0 Å². The van der Waals surface area contributed by atoms with E-state index in [0.29, 0.717) is 31.3 Å². The molecule has 0 atom stereocenters. The van der Waals surface area contributed by atoms with Crippen molar-refractivity contribution in [1.29, 1.82) is 0 Å². The first kappa shape index (κ1) is 15.7. The molecule has 1 aromatic rings. The number of nitrogens with zero attached hydrogens (tertiary/aromatic N) is 1. The number of ether oxygens (including phenoxy) is 1. The predicted molar refractivity (Wildman–Crippen MR) is 72.8 cm³/mol. The predicted octanol–water partition coefficient (Wildman–Crippen LogP) is 3.63. The number of hydrogen-bond donors (Lipinski definition) is 0. The summed E-state index contributed by atoms with van der Waals surface area (Å²) in [4.78, 5) is 1.59. The van der Waals surface area contributed by atoms with Gasteiger partial charge in [0.2, 0.25) is 0 Å². The fourth-order valence-corrected chi connectivity index (χ4v) is 2.08. The van der Waals surface area contributed by atoms with Gasteiger partial charge in [-0.2, -0.15) is 0 Å². The molecule has 0 heterocycles.